The summed E-state index contributed by atoms with van der Waals surface area (Å²) in [6, 6.07) is 3.71. The smallest absolute Gasteiger partial charge is 0.259 e. The number of nitrogens with one attached hydrogen (secondary N) is 1. The summed E-state index contributed by atoms with van der Waals surface area (Å²) in [6.07, 6.45) is 5.42. The highest BCUT2D eigenvalue weighted by Crippen LogP contribution is 2.30. The fourth-order valence-corrected chi connectivity index (χ4v) is 5.34. The second-order valence-corrected chi connectivity index (χ2v) is 9.19. The molecule has 31 heavy (non-hydrogen) atoms. The zero-order chi connectivity index (χ0) is 21.5. The van der Waals surface area contributed by atoms with Crippen molar-refractivity contribution in [1.29, 1.82) is 0 Å². The third-order valence-electron chi connectivity index (χ3n) is 5.69. The van der Waals surface area contributed by atoms with Gasteiger partial charge in [-0.3, -0.25) is 4.79 Å². The van der Waals surface area contributed by atoms with Gasteiger partial charge in [-0.15, -0.1) is 11.3 Å². The number of rotatable bonds is 5. The molecule has 7 nitrogen and oxygen atoms in total. The molecule has 8 heteroatoms. The number of aryl methyl sites for hydroxylation is 5. The molecule has 0 saturated carbocycles. The highest BCUT2D eigenvalue weighted by Gasteiger charge is 2.21. The summed E-state index contributed by atoms with van der Waals surface area (Å²) in [7, 11) is 0. The molecule has 0 bridgehead atoms. The van der Waals surface area contributed by atoms with Gasteiger partial charge in [0.05, 0.1) is 33.0 Å². The Morgan fingerprint density at radius 3 is 2.77 bits per heavy atom. The Balaban J connectivity index is 1.39. The Labute approximate surface area is 183 Å². The van der Waals surface area contributed by atoms with Gasteiger partial charge in [0.25, 0.3) is 11.6 Å². The first-order valence-electron chi connectivity index (χ1n) is 10.6. The van der Waals surface area contributed by atoms with Crippen LogP contribution >= 0.6 is 11.3 Å². The molecular weight excluding hydrogens is 412 g/mol. The molecule has 0 saturated heterocycles. The minimum Gasteiger partial charge on any atom is -0.466 e. The van der Waals surface area contributed by atoms with E-state index in [9.17, 15) is 4.79 Å². The van der Waals surface area contributed by atoms with Crippen LogP contribution in [0.4, 0.5) is 0 Å². The quantitative estimate of drug-likeness (QED) is 0.487. The van der Waals surface area contributed by atoms with Gasteiger partial charge in [0.1, 0.15) is 11.5 Å². The third kappa shape index (κ3) is 3.76. The van der Waals surface area contributed by atoms with Gasteiger partial charge in [0.2, 0.25) is 0 Å². The van der Waals surface area contributed by atoms with Crippen LogP contribution in [0, 0.1) is 20.8 Å². The van der Waals surface area contributed by atoms with Crippen LogP contribution in [-0.2, 0) is 19.3 Å². The van der Waals surface area contributed by atoms with E-state index in [2.05, 4.69) is 15.5 Å². The molecule has 4 aromatic rings. The third-order valence-corrected chi connectivity index (χ3v) is 6.91. The summed E-state index contributed by atoms with van der Waals surface area (Å²) in [5.41, 5.74) is 4.24. The number of carbonyl (C=O) groups is 1. The molecule has 1 amide bonds. The van der Waals surface area contributed by atoms with Gasteiger partial charge in [0.15, 0.2) is 0 Å². The topological polar surface area (TPSA) is 94.1 Å². The Hall–Kier alpha value is -3.00. The maximum absolute atomic E-state index is 13.1. The zero-order valence-electron chi connectivity index (χ0n) is 17.9. The predicted octanol–water partition coefficient (Wildman–Crippen LogP) is 4.72. The van der Waals surface area contributed by atoms with Crippen LogP contribution in [0.3, 0.4) is 0 Å². The molecule has 0 fully saturated rings. The lowest BCUT2D eigenvalue weighted by Gasteiger charge is -2.07. The van der Waals surface area contributed by atoms with Gasteiger partial charge in [-0.1, -0.05) is 5.16 Å². The molecular formula is C23H24N4O3S. The normalized spacial score (nSPS) is 13.5. The van der Waals surface area contributed by atoms with E-state index in [1.165, 1.54) is 23.4 Å². The number of pyridine rings is 1. The molecule has 4 heterocycles. The zero-order valence-corrected chi connectivity index (χ0v) is 18.7. The van der Waals surface area contributed by atoms with Crippen molar-refractivity contribution in [3.05, 3.63) is 50.5 Å². The molecule has 0 aromatic carbocycles. The van der Waals surface area contributed by atoms with Crippen molar-refractivity contribution in [2.24, 2.45) is 0 Å². The molecule has 0 aliphatic heterocycles. The fourth-order valence-electron chi connectivity index (χ4n) is 4.19. The second kappa shape index (κ2) is 7.92. The molecule has 160 valence electrons. The van der Waals surface area contributed by atoms with Gasteiger partial charge < -0.3 is 14.3 Å². The summed E-state index contributed by atoms with van der Waals surface area (Å²) < 4.78 is 11.0. The number of nitrogens with zero attached hydrogens (tertiary/aromatic N) is 3. The van der Waals surface area contributed by atoms with Crippen molar-refractivity contribution < 1.29 is 13.7 Å². The highest BCUT2D eigenvalue weighted by molar-refractivity contribution is 7.11. The Morgan fingerprint density at radius 1 is 1.16 bits per heavy atom. The average Bonchev–Trinajstić information content (AvgIpc) is 3.43. The minimum absolute atomic E-state index is 0.167. The summed E-state index contributed by atoms with van der Waals surface area (Å²) in [5, 5.41) is 8.80. The van der Waals surface area contributed by atoms with Gasteiger partial charge in [-0.2, -0.15) is 0 Å². The highest BCUT2D eigenvalue weighted by atomic mass is 32.1. The lowest BCUT2D eigenvalue weighted by molar-refractivity contribution is 0.0955. The molecule has 1 N–H and O–H groups in total. The van der Waals surface area contributed by atoms with Crippen LogP contribution in [0.2, 0.25) is 0 Å². The fraction of sp³-hybridized carbons (Fsp3) is 0.391. The Morgan fingerprint density at radius 2 is 2.00 bits per heavy atom. The van der Waals surface area contributed by atoms with Gasteiger partial charge >= 0.3 is 0 Å². The number of aromatic nitrogens is 3. The monoisotopic (exact) mass is 436 g/mol. The van der Waals surface area contributed by atoms with Crippen molar-refractivity contribution in [2.45, 2.75) is 52.9 Å². The van der Waals surface area contributed by atoms with E-state index in [-0.39, 0.29) is 5.91 Å². The Kier molecular flexibility index (Phi) is 5.09. The number of amides is 1. The lowest BCUT2D eigenvalue weighted by Crippen LogP contribution is -2.26. The van der Waals surface area contributed by atoms with Gasteiger partial charge in [0, 0.05) is 23.4 Å². The number of carbonyl (C=O) groups excluding carboxylic acids is 1. The van der Waals surface area contributed by atoms with E-state index in [1.807, 2.05) is 26.8 Å². The van der Waals surface area contributed by atoms with Crippen molar-refractivity contribution >= 4 is 28.3 Å². The lowest BCUT2D eigenvalue weighted by atomic mass is 10.0. The van der Waals surface area contributed by atoms with Gasteiger partial charge in [-0.25, -0.2) is 9.97 Å². The molecule has 0 spiro atoms. The second-order valence-electron chi connectivity index (χ2n) is 8.02. The molecule has 5 rings (SSSR count). The van der Waals surface area contributed by atoms with Crippen molar-refractivity contribution in [1.82, 2.24) is 20.4 Å². The average molecular weight is 437 g/mol. The maximum atomic E-state index is 13.1. The summed E-state index contributed by atoms with van der Waals surface area (Å²) in [6.45, 7) is 6.11. The van der Waals surface area contributed by atoms with Crippen LogP contribution in [0.15, 0.2) is 21.1 Å². The van der Waals surface area contributed by atoms with Crippen LogP contribution in [0.5, 0.6) is 0 Å². The van der Waals surface area contributed by atoms with E-state index in [0.717, 1.165) is 41.4 Å². The number of furan rings is 1. The van der Waals surface area contributed by atoms with Crippen molar-refractivity contribution in [3.8, 4) is 11.3 Å². The van der Waals surface area contributed by atoms with E-state index in [0.29, 0.717) is 34.6 Å². The summed E-state index contributed by atoms with van der Waals surface area (Å²) in [4.78, 5) is 23.9. The maximum Gasteiger partial charge on any atom is 0.259 e. The molecule has 0 atom stereocenters. The van der Waals surface area contributed by atoms with E-state index in [1.54, 1.807) is 17.4 Å². The van der Waals surface area contributed by atoms with E-state index in [4.69, 9.17) is 13.9 Å². The molecule has 1 aliphatic carbocycles. The van der Waals surface area contributed by atoms with E-state index < -0.39 is 0 Å². The molecule has 4 aromatic heterocycles. The van der Waals surface area contributed by atoms with Crippen molar-refractivity contribution in [2.75, 3.05) is 6.54 Å². The van der Waals surface area contributed by atoms with Crippen LogP contribution < -0.4 is 5.32 Å². The van der Waals surface area contributed by atoms with Crippen molar-refractivity contribution in [3.63, 3.8) is 0 Å². The number of fused-ring (bicyclic) bond motifs is 2. The molecule has 0 unspecified atom stereocenters. The largest absolute Gasteiger partial charge is 0.466 e. The first-order valence-corrected chi connectivity index (χ1v) is 11.4. The minimum atomic E-state index is -0.167. The SMILES string of the molecule is Cc1cc(-c2cc(C(=O)NCCc3nc4c(s3)CCCC4)c3c(C)noc3n2)c(C)o1. The number of thiazole rings is 1. The molecule has 1 aliphatic rings. The number of hydrogen-bond donors (Lipinski definition) is 1. The van der Waals surface area contributed by atoms with Crippen LogP contribution in [0.1, 0.15) is 56.0 Å². The summed E-state index contributed by atoms with van der Waals surface area (Å²) >= 11 is 1.78. The predicted molar refractivity (Wildman–Crippen MR) is 119 cm³/mol. The summed E-state index contributed by atoms with van der Waals surface area (Å²) in [5.74, 6) is 1.37. The van der Waals surface area contributed by atoms with Crippen LogP contribution in [-0.4, -0.2) is 27.6 Å². The Bertz CT molecular complexity index is 1260. The van der Waals surface area contributed by atoms with Crippen LogP contribution in [0.25, 0.3) is 22.4 Å². The number of hydrogen-bond acceptors (Lipinski definition) is 7. The van der Waals surface area contributed by atoms with E-state index >= 15 is 0 Å². The molecule has 0 radical (unpaired) electrons. The first-order chi connectivity index (χ1) is 15.0. The standard InChI is InChI=1S/C23H24N4O3S/c1-12-10-15(14(3)29-12)18-11-16(21-13(2)27-30-23(21)26-18)22(28)24-9-8-20-25-17-6-4-5-7-19(17)31-20/h10-11H,4-9H2,1-3H3,(H,24,28). The first kappa shape index (κ1) is 19.9. The van der Waals surface area contributed by atoms with Gasteiger partial charge in [-0.05, 0) is 58.6 Å².